The molecule has 3 N–H and O–H groups in total. The highest BCUT2D eigenvalue weighted by Gasteiger charge is 2.54. The van der Waals surface area contributed by atoms with E-state index in [1.165, 1.54) is 5.56 Å². The molecule has 1 aromatic rings. The first-order valence-electron chi connectivity index (χ1n) is 9.36. The van der Waals surface area contributed by atoms with Crippen molar-refractivity contribution >= 4 is 11.7 Å². The lowest BCUT2D eigenvalue weighted by molar-refractivity contribution is -0.142. The van der Waals surface area contributed by atoms with Gasteiger partial charge < -0.3 is 20.2 Å². The molecule has 0 aromatic heterocycles. The van der Waals surface area contributed by atoms with Crippen LogP contribution in [0.1, 0.15) is 56.1 Å². The van der Waals surface area contributed by atoms with Crippen LogP contribution in [-0.4, -0.2) is 33.6 Å². The number of oxime groups is 1. The van der Waals surface area contributed by atoms with E-state index in [2.05, 4.69) is 12.1 Å². The van der Waals surface area contributed by atoms with Crippen molar-refractivity contribution in [2.24, 2.45) is 22.4 Å². The molecule has 26 heavy (non-hydrogen) atoms. The smallest absolute Gasteiger partial charge is 0.344 e. The van der Waals surface area contributed by atoms with Crippen molar-refractivity contribution in [3.8, 4) is 11.5 Å². The van der Waals surface area contributed by atoms with Crippen LogP contribution < -0.4 is 0 Å². The van der Waals surface area contributed by atoms with Crippen LogP contribution in [-0.2, 0) is 16.1 Å². The topological polar surface area (TPSA) is 99.4 Å². The molecule has 0 unspecified atom stereocenters. The normalized spacial score (nSPS) is 34.0. The van der Waals surface area contributed by atoms with Gasteiger partial charge in [0, 0.05) is 11.0 Å². The number of carbonyl (C=O) groups is 1. The van der Waals surface area contributed by atoms with Crippen LogP contribution in [0.3, 0.4) is 0 Å². The van der Waals surface area contributed by atoms with E-state index in [1.54, 1.807) is 6.07 Å². The van der Waals surface area contributed by atoms with E-state index in [0.717, 1.165) is 49.8 Å². The van der Waals surface area contributed by atoms with E-state index in [0.29, 0.717) is 17.8 Å². The Morgan fingerprint density at radius 2 is 2.15 bits per heavy atom. The van der Waals surface area contributed by atoms with Gasteiger partial charge in [-0.3, -0.25) is 0 Å². The number of nitrogens with zero attached hydrogens (tertiary/aromatic N) is 1. The van der Waals surface area contributed by atoms with E-state index < -0.39 is 12.6 Å². The number of hydrogen-bond acceptors (Lipinski definition) is 5. The van der Waals surface area contributed by atoms with Crippen molar-refractivity contribution in [1.29, 1.82) is 0 Å². The number of benzene rings is 1. The van der Waals surface area contributed by atoms with E-state index in [-0.39, 0.29) is 16.9 Å². The Morgan fingerprint density at radius 3 is 2.92 bits per heavy atom. The highest BCUT2D eigenvalue weighted by molar-refractivity contribution is 5.92. The number of aromatic hydroxyl groups is 2. The average Bonchev–Trinajstić information content (AvgIpc) is 2.94. The molecule has 3 aliphatic carbocycles. The zero-order valence-corrected chi connectivity index (χ0v) is 14.9. The number of carboxylic acids is 1. The molecule has 0 spiro atoms. The molecule has 2 saturated carbocycles. The lowest BCUT2D eigenvalue weighted by Gasteiger charge is -2.49. The Balaban J connectivity index is 1.60. The third-order valence-corrected chi connectivity index (χ3v) is 6.97. The summed E-state index contributed by atoms with van der Waals surface area (Å²) in [5.74, 6) is 0.431. The van der Waals surface area contributed by atoms with Crippen LogP contribution >= 0.6 is 0 Å². The molecule has 1 aromatic carbocycles. The number of hydrogen-bond donors (Lipinski definition) is 3. The molecule has 0 saturated heterocycles. The number of carboxylic acid groups (broad SMARTS) is 1. The van der Waals surface area contributed by atoms with Crippen LogP contribution in [0, 0.1) is 17.3 Å². The Hall–Kier alpha value is -2.24. The van der Waals surface area contributed by atoms with Crippen LogP contribution in [0.25, 0.3) is 0 Å². The van der Waals surface area contributed by atoms with Crippen molar-refractivity contribution in [2.75, 3.05) is 6.61 Å². The molecular weight excluding hydrogens is 335 g/mol. The Kier molecular flexibility index (Phi) is 4.09. The van der Waals surface area contributed by atoms with Gasteiger partial charge in [-0.25, -0.2) is 4.79 Å². The molecule has 4 atom stereocenters. The van der Waals surface area contributed by atoms with E-state index in [4.69, 9.17) is 9.94 Å². The number of phenols is 2. The molecule has 0 amide bonds. The second kappa shape index (κ2) is 6.18. The van der Waals surface area contributed by atoms with Crippen molar-refractivity contribution in [3.63, 3.8) is 0 Å². The predicted molar refractivity (Wildman–Crippen MR) is 95.4 cm³/mol. The zero-order chi connectivity index (χ0) is 18.5. The van der Waals surface area contributed by atoms with Gasteiger partial charge in [-0.15, -0.1) is 0 Å². The molecular formula is C20H25NO5. The van der Waals surface area contributed by atoms with Gasteiger partial charge >= 0.3 is 5.97 Å². The molecule has 0 bridgehead atoms. The fraction of sp³-hybridized carbons (Fsp3) is 0.600. The van der Waals surface area contributed by atoms with Crippen molar-refractivity contribution in [2.45, 2.75) is 51.4 Å². The van der Waals surface area contributed by atoms with Gasteiger partial charge in [0.15, 0.2) is 11.5 Å². The monoisotopic (exact) mass is 360 g/mol. The van der Waals surface area contributed by atoms with Crippen LogP contribution in [0.2, 0.25) is 0 Å². The van der Waals surface area contributed by atoms with Crippen molar-refractivity contribution in [1.82, 2.24) is 0 Å². The van der Waals surface area contributed by atoms with Crippen LogP contribution in [0.5, 0.6) is 11.5 Å². The van der Waals surface area contributed by atoms with Gasteiger partial charge in [0.1, 0.15) is 0 Å². The second-order valence-corrected chi connectivity index (χ2v) is 8.12. The van der Waals surface area contributed by atoms with Gasteiger partial charge in [0.25, 0.3) is 0 Å². The van der Waals surface area contributed by atoms with E-state index >= 15 is 0 Å². The van der Waals surface area contributed by atoms with E-state index in [9.17, 15) is 15.0 Å². The Labute approximate surface area is 152 Å². The summed E-state index contributed by atoms with van der Waals surface area (Å²) in [4.78, 5) is 15.7. The molecule has 4 rings (SSSR count). The largest absolute Gasteiger partial charge is 0.504 e. The molecule has 3 aliphatic rings. The fourth-order valence-corrected chi connectivity index (χ4v) is 5.74. The van der Waals surface area contributed by atoms with Crippen molar-refractivity contribution < 1.29 is 25.0 Å². The summed E-state index contributed by atoms with van der Waals surface area (Å²) in [6, 6.07) is 3.58. The SMILES string of the molecule is C[C@]12CC[C@@H]3c4ccc([17OH])c(O)c4CC[C@H]3[C@@H]1CC/C2=N/OCC(=O)O. The number of aliphatic carboxylic acids is 1. The van der Waals surface area contributed by atoms with Crippen molar-refractivity contribution in [3.05, 3.63) is 23.3 Å². The first-order chi connectivity index (χ1) is 12.4. The zero-order valence-electron chi connectivity index (χ0n) is 14.9. The predicted octanol–water partition coefficient (Wildman–Crippen LogP) is 3.41. The fourth-order valence-electron chi connectivity index (χ4n) is 5.74. The summed E-state index contributed by atoms with van der Waals surface area (Å²) < 4.78 is 0. The summed E-state index contributed by atoms with van der Waals surface area (Å²) in [5.41, 5.74) is 3.06. The molecule has 6 heteroatoms. The van der Waals surface area contributed by atoms with Gasteiger partial charge in [0.05, 0.1) is 5.71 Å². The molecule has 140 valence electrons. The number of phenolic OH excluding ortho intramolecular Hbond substituents is 2. The highest BCUT2D eigenvalue weighted by atomic mass is 17.2. The Morgan fingerprint density at radius 1 is 1.35 bits per heavy atom. The van der Waals surface area contributed by atoms with Crippen LogP contribution in [0.15, 0.2) is 17.3 Å². The lowest BCUT2D eigenvalue weighted by Crippen LogP contribution is -2.42. The third-order valence-electron chi connectivity index (χ3n) is 6.97. The van der Waals surface area contributed by atoms with Gasteiger partial charge in [0.2, 0.25) is 6.61 Å². The van der Waals surface area contributed by atoms with Gasteiger partial charge in [-0.1, -0.05) is 18.1 Å². The average molecular weight is 360 g/mol. The lowest BCUT2D eigenvalue weighted by atomic mass is 9.55. The summed E-state index contributed by atoms with van der Waals surface area (Å²) in [6.07, 6.45) is 5.68. The maximum absolute atomic E-state index is 10.7. The highest BCUT2D eigenvalue weighted by Crippen LogP contribution is 2.60. The van der Waals surface area contributed by atoms with Gasteiger partial charge in [-0.05, 0) is 67.9 Å². The summed E-state index contributed by atoms with van der Waals surface area (Å²) in [7, 11) is 0. The maximum Gasteiger partial charge on any atom is 0.344 e. The van der Waals surface area contributed by atoms with Gasteiger partial charge in [-0.2, -0.15) is 0 Å². The standard InChI is InChI=1S/C20H25NO5/c1-20-9-8-12-11-4-6-16(22)19(25)14(11)3-2-13(12)15(20)5-7-17(20)21-26-10-18(23)24/h4,6,12-13,15,22,25H,2-3,5,7-10H2,1H3,(H,23,24)/b21-17-/t12-,13-,15+,20+/m1/s1/i22+1. The summed E-state index contributed by atoms with van der Waals surface area (Å²) in [5, 5.41) is 33.0. The number of fused-ring (bicyclic) bond motifs is 5. The number of rotatable bonds is 3. The minimum Gasteiger partial charge on any atom is -0.504 e. The minimum atomic E-state index is -1.01. The first-order valence-corrected chi connectivity index (χ1v) is 9.36. The molecule has 0 radical (unpaired) electrons. The molecule has 0 heterocycles. The second-order valence-electron chi connectivity index (χ2n) is 8.12. The van der Waals surface area contributed by atoms with Crippen LogP contribution in [0.4, 0.5) is 0 Å². The molecule has 6 nitrogen and oxygen atoms in total. The quantitative estimate of drug-likeness (QED) is 0.567. The summed E-state index contributed by atoms with van der Waals surface area (Å²) >= 11 is 0. The third kappa shape index (κ3) is 2.54. The molecule has 0 aliphatic heterocycles. The molecule has 2 fully saturated rings. The minimum absolute atomic E-state index is 0.0316. The maximum atomic E-state index is 10.7. The Bertz CT molecular complexity index is 774. The van der Waals surface area contributed by atoms with E-state index in [1.807, 2.05) is 6.07 Å². The first kappa shape index (κ1) is 17.2. The summed E-state index contributed by atoms with van der Waals surface area (Å²) in [6.45, 7) is 1.85.